The second-order valence-corrected chi connectivity index (χ2v) is 6.55. The first-order chi connectivity index (χ1) is 10.6. The van der Waals surface area contributed by atoms with Crippen molar-refractivity contribution in [2.45, 2.75) is 44.4 Å². The van der Waals surface area contributed by atoms with Gasteiger partial charge in [-0.15, -0.1) is 0 Å². The van der Waals surface area contributed by atoms with Gasteiger partial charge >= 0.3 is 0 Å². The van der Waals surface area contributed by atoms with Crippen molar-refractivity contribution in [1.29, 1.82) is 0 Å². The van der Waals surface area contributed by atoms with Crippen LogP contribution in [0, 0.1) is 5.92 Å². The van der Waals surface area contributed by atoms with Gasteiger partial charge < -0.3 is 10.2 Å². The van der Waals surface area contributed by atoms with Crippen molar-refractivity contribution in [1.82, 2.24) is 0 Å². The van der Waals surface area contributed by atoms with Crippen LogP contribution in [0.25, 0.3) is 0 Å². The van der Waals surface area contributed by atoms with Gasteiger partial charge in [0.2, 0.25) is 0 Å². The number of phenolic OH excluding ortho intramolecular Hbond substituents is 2. The predicted octanol–water partition coefficient (Wildman–Crippen LogP) is 4.98. The van der Waals surface area contributed by atoms with Gasteiger partial charge in [0.1, 0.15) is 11.5 Å². The Kier molecular flexibility index (Phi) is 4.10. The van der Waals surface area contributed by atoms with Gasteiger partial charge in [-0.3, -0.25) is 0 Å². The van der Waals surface area contributed by atoms with Gasteiger partial charge in [0.05, 0.1) is 0 Å². The number of hydrogen-bond donors (Lipinski definition) is 2. The van der Waals surface area contributed by atoms with Gasteiger partial charge in [0, 0.05) is 5.41 Å². The van der Waals surface area contributed by atoms with Crippen LogP contribution < -0.4 is 0 Å². The average Bonchev–Trinajstić information content (AvgIpc) is 2.56. The molecule has 1 fully saturated rings. The van der Waals surface area contributed by atoms with Crippen LogP contribution in [0.1, 0.15) is 50.2 Å². The van der Waals surface area contributed by atoms with Crippen molar-refractivity contribution in [3.05, 3.63) is 59.7 Å². The number of benzene rings is 2. The molecule has 2 heteroatoms. The van der Waals surface area contributed by atoms with Crippen LogP contribution in [-0.2, 0) is 5.41 Å². The van der Waals surface area contributed by atoms with E-state index in [4.69, 9.17) is 0 Å². The van der Waals surface area contributed by atoms with E-state index in [-0.39, 0.29) is 5.41 Å². The SMILES string of the molecule is CCC1CCCC(c2ccc(O)cc2)(c2ccc(O)cc2)C1. The lowest BCUT2D eigenvalue weighted by atomic mass is 9.62. The van der Waals surface area contributed by atoms with Gasteiger partial charge in [0.25, 0.3) is 0 Å². The summed E-state index contributed by atoms with van der Waals surface area (Å²) in [7, 11) is 0. The van der Waals surface area contributed by atoms with Crippen molar-refractivity contribution >= 4 is 0 Å². The Hall–Kier alpha value is -1.96. The minimum atomic E-state index is 0.000324. The van der Waals surface area contributed by atoms with Crippen molar-refractivity contribution in [2.24, 2.45) is 5.92 Å². The van der Waals surface area contributed by atoms with E-state index in [1.165, 1.54) is 30.4 Å². The molecule has 2 N–H and O–H groups in total. The first-order valence-corrected chi connectivity index (χ1v) is 8.23. The summed E-state index contributed by atoms with van der Waals surface area (Å²) in [5.41, 5.74) is 2.55. The number of hydrogen-bond acceptors (Lipinski definition) is 2. The van der Waals surface area contributed by atoms with Gasteiger partial charge in [-0.1, -0.05) is 50.5 Å². The lowest BCUT2D eigenvalue weighted by Crippen LogP contribution is -2.34. The van der Waals surface area contributed by atoms with Crippen LogP contribution in [0.2, 0.25) is 0 Å². The molecule has 0 amide bonds. The topological polar surface area (TPSA) is 40.5 Å². The highest BCUT2D eigenvalue weighted by Gasteiger charge is 2.38. The molecule has 1 aliphatic carbocycles. The number of aromatic hydroxyl groups is 2. The lowest BCUT2D eigenvalue weighted by molar-refractivity contribution is 0.251. The quantitative estimate of drug-likeness (QED) is 0.838. The molecule has 0 bridgehead atoms. The smallest absolute Gasteiger partial charge is 0.115 e. The molecule has 2 aromatic carbocycles. The van der Waals surface area contributed by atoms with Gasteiger partial charge in [0.15, 0.2) is 0 Å². The van der Waals surface area contributed by atoms with Crippen molar-refractivity contribution in [3.8, 4) is 11.5 Å². The van der Waals surface area contributed by atoms with E-state index in [0.29, 0.717) is 11.5 Å². The Morgan fingerprint density at radius 2 is 1.41 bits per heavy atom. The van der Waals surface area contributed by atoms with E-state index < -0.39 is 0 Å². The summed E-state index contributed by atoms with van der Waals surface area (Å²) < 4.78 is 0. The summed E-state index contributed by atoms with van der Waals surface area (Å²) in [6.07, 6.45) is 5.99. The van der Waals surface area contributed by atoms with Crippen LogP contribution in [0.3, 0.4) is 0 Å². The fourth-order valence-corrected chi connectivity index (χ4v) is 3.99. The molecule has 2 nitrogen and oxygen atoms in total. The fourth-order valence-electron chi connectivity index (χ4n) is 3.99. The molecule has 1 unspecified atom stereocenters. The summed E-state index contributed by atoms with van der Waals surface area (Å²) in [5, 5.41) is 19.2. The lowest BCUT2D eigenvalue weighted by Gasteiger charge is -2.42. The van der Waals surface area contributed by atoms with E-state index >= 15 is 0 Å². The zero-order valence-corrected chi connectivity index (χ0v) is 13.1. The highest BCUT2D eigenvalue weighted by Crippen LogP contribution is 2.48. The molecule has 0 heterocycles. The Morgan fingerprint density at radius 3 is 1.86 bits per heavy atom. The molecular weight excluding hydrogens is 272 g/mol. The first kappa shape index (κ1) is 15.0. The normalized spacial score (nSPS) is 20.7. The van der Waals surface area contributed by atoms with Crippen LogP contribution in [0.15, 0.2) is 48.5 Å². The Labute approximate surface area is 132 Å². The van der Waals surface area contributed by atoms with E-state index in [1.807, 2.05) is 0 Å². The molecule has 22 heavy (non-hydrogen) atoms. The molecule has 1 saturated carbocycles. The average molecular weight is 296 g/mol. The molecular formula is C20H24O2. The largest absolute Gasteiger partial charge is 0.508 e. The van der Waals surface area contributed by atoms with Gasteiger partial charge in [-0.2, -0.15) is 0 Å². The van der Waals surface area contributed by atoms with E-state index in [1.54, 1.807) is 24.3 Å². The van der Waals surface area contributed by atoms with Gasteiger partial charge in [-0.25, -0.2) is 0 Å². The first-order valence-electron chi connectivity index (χ1n) is 8.23. The Bertz CT molecular complexity index is 568. The summed E-state index contributed by atoms with van der Waals surface area (Å²) in [6.45, 7) is 2.27. The number of rotatable bonds is 3. The minimum absolute atomic E-state index is 0.000324. The maximum absolute atomic E-state index is 9.61. The van der Waals surface area contributed by atoms with E-state index in [0.717, 1.165) is 18.8 Å². The maximum Gasteiger partial charge on any atom is 0.115 e. The fraction of sp³-hybridized carbons (Fsp3) is 0.400. The maximum atomic E-state index is 9.61. The molecule has 3 rings (SSSR count). The van der Waals surface area contributed by atoms with Crippen molar-refractivity contribution in [2.75, 3.05) is 0 Å². The van der Waals surface area contributed by atoms with E-state index in [2.05, 4.69) is 31.2 Å². The zero-order valence-electron chi connectivity index (χ0n) is 13.1. The summed E-state index contributed by atoms with van der Waals surface area (Å²) >= 11 is 0. The molecule has 116 valence electrons. The second kappa shape index (κ2) is 6.04. The van der Waals surface area contributed by atoms with Crippen molar-refractivity contribution in [3.63, 3.8) is 0 Å². The molecule has 0 radical (unpaired) electrons. The zero-order chi connectivity index (χ0) is 15.6. The van der Waals surface area contributed by atoms with Crippen LogP contribution in [-0.4, -0.2) is 10.2 Å². The van der Waals surface area contributed by atoms with E-state index in [9.17, 15) is 10.2 Å². The molecule has 0 aromatic heterocycles. The highest BCUT2D eigenvalue weighted by molar-refractivity contribution is 5.43. The molecule has 0 saturated heterocycles. The minimum Gasteiger partial charge on any atom is -0.508 e. The molecule has 1 aliphatic rings. The predicted molar refractivity (Wildman–Crippen MR) is 89.2 cm³/mol. The van der Waals surface area contributed by atoms with Crippen LogP contribution in [0.5, 0.6) is 11.5 Å². The summed E-state index contributed by atoms with van der Waals surface area (Å²) in [6, 6.07) is 15.4. The molecule has 2 aromatic rings. The Morgan fingerprint density at radius 1 is 0.909 bits per heavy atom. The number of phenols is 2. The molecule has 0 spiro atoms. The third kappa shape index (κ3) is 2.70. The summed E-state index contributed by atoms with van der Waals surface area (Å²) in [4.78, 5) is 0. The van der Waals surface area contributed by atoms with Crippen molar-refractivity contribution < 1.29 is 10.2 Å². The van der Waals surface area contributed by atoms with Crippen LogP contribution >= 0.6 is 0 Å². The monoisotopic (exact) mass is 296 g/mol. The third-order valence-electron chi connectivity index (χ3n) is 5.27. The molecule has 1 atom stereocenters. The van der Waals surface area contributed by atoms with Crippen LogP contribution in [0.4, 0.5) is 0 Å². The third-order valence-corrected chi connectivity index (χ3v) is 5.27. The standard InChI is InChI=1S/C20H24O2/c1-2-15-4-3-13-20(14-15,16-5-9-18(21)10-6-16)17-7-11-19(22)12-8-17/h5-12,15,21-22H,2-4,13-14H2,1H3. The second-order valence-electron chi connectivity index (χ2n) is 6.55. The molecule has 0 aliphatic heterocycles. The Balaban J connectivity index is 2.08. The summed E-state index contributed by atoms with van der Waals surface area (Å²) in [5.74, 6) is 1.36. The highest BCUT2D eigenvalue weighted by atomic mass is 16.3. The van der Waals surface area contributed by atoms with Gasteiger partial charge in [-0.05, 0) is 54.2 Å².